The molecule has 0 atom stereocenters. The van der Waals surface area contributed by atoms with Crippen LogP contribution < -0.4 is 14.5 Å². The summed E-state index contributed by atoms with van der Waals surface area (Å²) < 4.78 is 44.9. The third-order valence-electron chi connectivity index (χ3n) is 15.0. The van der Waals surface area contributed by atoms with Crippen LogP contribution in [0.1, 0.15) is 83.1 Å². The standard InChI is InChI=1S/C73H63N4O2.Pt/c1-71(2,3)44-50-39-67(74-45-61(50)49-31-33-51(34-32-49)72(4,5)6)77-64-38-37-57-56-27-16-19-30-66(56)79-70(57)68(64)58-36-35-55(43-65(58)77)78-54-26-20-25-53(42-54)75-46-76(63-29-18-17-28-62(63)75)69-59(47-21-12-10-13-22-47)40-52(73(7,8)9)41-60(69)48-23-14-11-15-24-48;/h10-41,45-46H,44H2,1-9H3;/q-3;/i44D2,45D;. The summed E-state index contributed by atoms with van der Waals surface area (Å²) >= 11 is 0. The van der Waals surface area contributed by atoms with Crippen LogP contribution in [0.5, 0.6) is 11.5 Å². The smallest absolute Gasteiger partial charge is 0.135 e. The van der Waals surface area contributed by atoms with E-state index < -0.39 is 11.8 Å². The van der Waals surface area contributed by atoms with Crippen LogP contribution in [0.15, 0.2) is 205 Å². The van der Waals surface area contributed by atoms with E-state index in [0.29, 0.717) is 39.5 Å². The van der Waals surface area contributed by atoms with Crippen LogP contribution in [0, 0.1) is 24.2 Å². The molecule has 9 aromatic carbocycles. The zero-order valence-corrected chi connectivity index (χ0v) is 48.7. The summed E-state index contributed by atoms with van der Waals surface area (Å²) in [5.74, 6) is 1.30. The van der Waals surface area contributed by atoms with Crippen molar-refractivity contribution in [2.45, 2.75) is 79.5 Å². The maximum absolute atomic E-state index is 9.81. The first-order valence-electron chi connectivity index (χ1n) is 28.7. The number of furan rings is 1. The van der Waals surface area contributed by atoms with Crippen LogP contribution in [0.4, 0.5) is 22.7 Å². The van der Waals surface area contributed by atoms with E-state index in [1.807, 2.05) is 92.1 Å². The number of para-hydroxylation sites is 3. The molecule has 0 bridgehead atoms. The second-order valence-corrected chi connectivity index (χ2v) is 23.8. The molecule has 400 valence electrons. The van der Waals surface area contributed by atoms with Crippen molar-refractivity contribution < 1.29 is 34.3 Å². The fourth-order valence-corrected chi connectivity index (χ4v) is 11.1. The predicted octanol–water partition coefficient (Wildman–Crippen LogP) is 20.1. The second kappa shape index (κ2) is 20.2. The van der Waals surface area contributed by atoms with Crippen molar-refractivity contribution in [1.29, 1.82) is 0 Å². The van der Waals surface area contributed by atoms with Crippen molar-refractivity contribution in [2.75, 3.05) is 9.80 Å². The topological polar surface area (TPSA) is 46.7 Å². The molecule has 3 aromatic heterocycles. The third kappa shape index (κ3) is 9.58. The van der Waals surface area contributed by atoms with Crippen LogP contribution in [-0.2, 0) is 38.3 Å². The SMILES string of the molecule is [2H]c1nc(-n2c3[c-]c(Oc4[c-]c(N5[CH-]N(c6c(-c7ccccc7)cc(C(C)(C)C)cc6-c6ccccc6)c6ccccc65)ccc4)ccc3c3c4oc5ccccc5c4ccc32)cc(C([2H])([2H])C(C)(C)C)c1-c1ccc(C(C)(C)C)cc1.[Pt]. The molecule has 0 saturated carbocycles. The van der Waals surface area contributed by atoms with E-state index in [0.717, 1.165) is 88.8 Å². The Bertz CT molecular complexity index is 4390. The quantitative estimate of drug-likeness (QED) is 0.135. The van der Waals surface area contributed by atoms with Crippen molar-refractivity contribution in [3.05, 3.63) is 236 Å². The first kappa shape index (κ1) is 48.9. The molecule has 0 unspecified atom stereocenters. The number of ether oxygens (including phenoxy) is 1. The number of nitrogens with zero attached hydrogens (tertiary/aromatic N) is 4. The maximum Gasteiger partial charge on any atom is 0.135 e. The minimum atomic E-state index is -1.89. The van der Waals surface area contributed by atoms with Gasteiger partial charge in [0.2, 0.25) is 0 Å². The van der Waals surface area contributed by atoms with Gasteiger partial charge in [0.1, 0.15) is 17.0 Å². The number of benzene rings is 9. The molecule has 4 heterocycles. The Hall–Kier alpha value is -8.18. The van der Waals surface area contributed by atoms with Gasteiger partial charge in [0.05, 0.1) is 1.37 Å². The Labute approximate surface area is 488 Å². The Kier molecular flexibility index (Phi) is 12.3. The minimum absolute atomic E-state index is 0. The van der Waals surface area contributed by atoms with Gasteiger partial charge < -0.3 is 23.5 Å². The number of fused-ring (bicyclic) bond motifs is 8. The van der Waals surface area contributed by atoms with Gasteiger partial charge in [-0.1, -0.05) is 188 Å². The van der Waals surface area contributed by atoms with Gasteiger partial charge in [-0.05, 0) is 110 Å². The normalized spacial score (nSPS) is 13.6. The zero-order chi connectivity index (χ0) is 57.0. The summed E-state index contributed by atoms with van der Waals surface area (Å²) in [4.78, 5) is 9.56. The molecule has 0 spiro atoms. The van der Waals surface area contributed by atoms with Gasteiger partial charge in [0.15, 0.2) is 0 Å². The molecular weight excluding hydrogens is 1160 g/mol. The summed E-state index contributed by atoms with van der Waals surface area (Å²) in [6.07, 6.45) is -1.92. The molecule has 1 aliphatic rings. The second-order valence-electron chi connectivity index (χ2n) is 23.8. The maximum atomic E-state index is 9.81. The predicted molar refractivity (Wildman–Crippen MR) is 328 cm³/mol. The van der Waals surface area contributed by atoms with Gasteiger partial charge in [-0.25, -0.2) is 4.98 Å². The van der Waals surface area contributed by atoms with E-state index in [9.17, 15) is 4.11 Å². The molecular formula is C73H63N4O2Pt-3. The van der Waals surface area contributed by atoms with Gasteiger partial charge in [0, 0.05) is 91.5 Å². The zero-order valence-electron chi connectivity index (χ0n) is 49.5. The molecule has 7 heteroatoms. The Morgan fingerprint density at radius 3 is 1.82 bits per heavy atom. The fraction of sp³-hybridized carbons (Fsp3) is 0.178. The minimum Gasteiger partial charge on any atom is -0.509 e. The number of hydrogen-bond donors (Lipinski definition) is 0. The molecule has 80 heavy (non-hydrogen) atoms. The van der Waals surface area contributed by atoms with E-state index in [1.54, 1.807) is 0 Å². The van der Waals surface area contributed by atoms with E-state index in [4.69, 9.17) is 14.1 Å². The Balaban J connectivity index is 0.00000680. The molecule has 12 aromatic rings. The van der Waals surface area contributed by atoms with Gasteiger partial charge >= 0.3 is 0 Å². The number of pyridine rings is 1. The summed E-state index contributed by atoms with van der Waals surface area (Å²) in [5.41, 5.74) is 14.2. The van der Waals surface area contributed by atoms with Gasteiger partial charge in [-0.3, -0.25) is 0 Å². The van der Waals surface area contributed by atoms with Crippen molar-refractivity contribution in [1.82, 2.24) is 9.55 Å². The number of anilines is 4. The summed E-state index contributed by atoms with van der Waals surface area (Å²) in [7, 11) is 0. The number of rotatable bonds is 9. The molecule has 13 rings (SSSR count). The molecule has 0 radical (unpaired) electrons. The van der Waals surface area contributed by atoms with Crippen molar-refractivity contribution in [2.24, 2.45) is 5.41 Å². The van der Waals surface area contributed by atoms with E-state index in [1.165, 1.54) is 5.56 Å². The fourth-order valence-electron chi connectivity index (χ4n) is 11.1. The summed E-state index contributed by atoms with van der Waals surface area (Å²) in [6.45, 7) is 21.2. The van der Waals surface area contributed by atoms with E-state index in [2.05, 4.69) is 198 Å². The Morgan fingerprint density at radius 2 is 1.16 bits per heavy atom. The molecule has 0 amide bonds. The molecule has 0 fully saturated rings. The Morgan fingerprint density at radius 1 is 0.562 bits per heavy atom. The molecule has 0 N–H and O–H groups in total. The van der Waals surface area contributed by atoms with Gasteiger partial charge in [-0.2, -0.15) is 12.1 Å². The molecule has 6 nitrogen and oxygen atoms in total. The first-order valence-corrected chi connectivity index (χ1v) is 27.2. The van der Waals surface area contributed by atoms with Crippen LogP contribution in [-0.4, -0.2) is 9.55 Å². The molecule has 1 aliphatic heterocycles. The monoisotopic (exact) mass is 1230 g/mol. The van der Waals surface area contributed by atoms with Crippen molar-refractivity contribution in [3.63, 3.8) is 0 Å². The van der Waals surface area contributed by atoms with Crippen LogP contribution >= 0.6 is 0 Å². The first-order chi connectivity index (χ1) is 39.2. The van der Waals surface area contributed by atoms with E-state index in [-0.39, 0.29) is 38.1 Å². The summed E-state index contributed by atoms with van der Waals surface area (Å²) in [6, 6.07) is 73.8. The van der Waals surface area contributed by atoms with Gasteiger partial charge in [-0.15, -0.1) is 42.7 Å². The van der Waals surface area contributed by atoms with Crippen LogP contribution in [0.2, 0.25) is 0 Å². The van der Waals surface area contributed by atoms with Gasteiger partial charge in [0.25, 0.3) is 0 Å². The largest absolute Gasteiger partial charge is 0.509 e. The average molecular weight is 1230 g/mol. The number of hydrogen-bond acceptors (Lipinski definition) is 5. The van der Waals surface area contributed by atoms with Crippen molar-refractivity contribution in [3.8, 4) is 50.7 Å². The average Bonchev–Trinajstić information content (AvgIpc) is 2.23. The van der Waals surface area contributed by atoms with Crippen molar-refractivity contribution >= 4 is 66.5 Å². The number of aromatic nitrogens is 2. The van der Waals surface area contributed by atoms with Crippen LogP contribution in [0.25, 0.3) is 82.9 Å². The van der Waals surface area contributed by atoms with Crippen LogP contribution in [0.3, 0.4) is 0 Å². The molecule has 0 saturated heterocycles. The third-order valence-corrected chi connectivity index (χ3v) is 15.0. The molecule has 0 aliphatic carbocycles. The van der Waals surface area contributed by atoms with E-state index >= 15 is 0 Å². The summed E-state index contributed by atoms with van der Waals surface area (Å²) in [5, 5.41) is 3.66.